The van der Waals surface area contributed by atoms with Crippen molar-refractivity contribution in [2.45, 2.75) is 13.0 Å². The number of hydrogen-bond donors (Lipinski definition) is 1. The van der Waals surface area contributed by atoms with E-state index in [4.69, 9.17) is 14.2 Å². The van der Waals surface area contributed by atoms with Crippen molar-refractivity contribution in [3.63, 3.8) is 0 Å². The fourth-order valence-electron chi connectivity index (χ4n) is 1.67. The molecule has 0 saturated carbocycles. The van der Waals surface area contributed by atoms with Crippen LogP contribution in [0.3, 0.4) is 0 Å². The first kappa shape index (κ1) is 17.8. The molecule has 0 bridgehead atoms. The summed E-state index contributed by atoms with van der Waals surface area (Å²) in [6, 6.07) is 4.60. The van der Waals surface area contributed by atoms with Crippen molar-refractivity contribution >= 4 is 11.9 Å². The monoisotopic (exact) mass is 311 g/mol. The number of esters is 1. The second kappa shape index (κ2) is 8.89. The highest BCUT2D eigenvalue weighted by Gasteiger charge is 2.18. The van der Waals surface area contributed by atoms with E-state index >= 15 is 0 Å². The maximum absolute atomic E-state index is 11.8. The lowest BCUT2D eigenvalue weighted by Crippen LogP contribution is -2.38. The Morgan fingerprint density at radius 2 is 1.91 bits per heavy atom. The summed E-state index contributed by atoms with van der Waals surface area (Å²) < 4.78 is 20.2. The topological polar surface area (TPSA) is 83.1 Å². The van der Waals surface area contributed by atoms with Crippen LogP contribution in [-0.2, 0) is 14.3 Å². The normalized spacial score (nSPS) is 11.5. The molecule has 1 atom stereocenters. The van der Waals surface area contributed by atoms with Crippen LogP contribution in [0.5, 0.6) is 11.5 Å². The minimum atomic E-state index is -0.713. The number of rotatable bonds is 8. The molecule has 0 spiro atoms. The Hall–Kier alpha value is -2.28. The number of carbonyl (C=O) groups excluding carboxylic acids is 2. The van der Waals surface area contributed by atoms with Crippen LogP contribution in [0.2, 0.25) is 0 Å². The molecule has 0 aromatic heterocycles. The van der Waals surface area contributed by atoms with Gasteiger partial charge in [-0.05, 0) is 25.1 Å². The van der Waals surface area contributed by atoms with Gasteiger partial charge < -0.3 is 24.3 Å². The Labute approximate surface area is 129 Å². The number of ether oxygens (including phenoxy) is 4. The summed E-state index contributed by atoms with van der Waals surface area (Å²) in [4.78, 5) is 23.3. The summed E-state index contributed by atoms with van der Waals surface area (Å²) in [5.74, 6) is -0.0321. The van der Waals surface area contributed by atoms with Crippen LogP contribution in [0, 0.1) is 0 Å². The van der Waals surface area contributed by atoms with Crippen LogP contribution in [-0.4, -0.2) is 52.5 Å². The molecule has 22 heavy (non-hydrogen) atoms. The van der Waals surface area contributed by atoms with Crippen LogP contribution in [0.25, 0.3) is 0 Å². The van der Waals surface area contributed by atoms with Gasteiger partial charge in [0.05, 0.1) is 26.4 Å². The fourth-order valence-corrected chi connectivity index (χ4v) is 1.67. The number of carbonyl (C=O) groups is 2. The predicted octanol–water partition coefficient (Wildman–Crippen LogP) is 1.01. The number of hydrogen-bond acceptors (Lipinski definition) is 6. The van der Waals surface area contributed by atoms with Gasteiger partial charge in [-0.1, -0.05) is 0 Å². The van der Waals surface area contributed by atoms with Gasteiger partial charge >= 0.3 is 5.97 Å². The fraction of sp³-hybridized carbons (Fsp3) is 0.467. The first-order valence-corrected chi connectivity index (χ1v) is 6.73. The Balaban J connectivity index is 2.75. The summed E-state index contributed by atoms with van der Waals surface area (Å²) in [5.41, 5.74) is 0.337. The van der Waals surface area contributed by atoms with Crippen LogP contribution >= 0.6 is 0 Å². The molecule has 122 valence electrons. The summed E-state index contributed by atoms with van der Waals surface area (Å²) in [6.07, 6.45) is -0.713. The van der Waals surface area contributed by atoms with Crippen LogP contribution in [0.4, 0.5) is 0 Å². The number of nitrogens with one attached hydrogen (secondary N) is 1. The van der Waals surface area contributed by atoms with Crippen LogP contribution in [0.1, 0.15) is 17.3 Å². The minimum Gasteiger partial charge on any atom is -0.493 e. The van der Waals surface area contributed by atoms with Crippen molar-refractivity contribution in [1.29, 1.82) is 0 Å². The molecule has 1 amide bonds. The second-order valence-corrected chi connectivity index (χ2v) is 4.40. The molecule has 1 aromatic carbocycles. The van der Waals surface area contributed by atoms with E-state index in [2.05, 4.69) is 10.1 Å². The Kier molecular flexibility index (Phi) is 7.18. The average molecular weight is 311 g/mol. The van der Waals surface area contributed by atoms with Gasteiger partial charge in [0.15, 0.2) is 17.6 Å². The molecule has 0 fully saturated rings. The van der Waals surface area contributed by atoms with E-state index in [1.807, 2.05) is 0 Å². The van der Waals surface area contributed by atoms with Gasteiger partial charge in [0.1, 0.15) is 0 Å². The van der Waals surface area contributed by atoms with Gasteiger partial charge in [-0.25, -0.2) is 4.79 Å². The third-order valence-corrected chi connectivity index (χ3v) is 2.86. The van der Waals surface area contributed by atoms with Crippen molar-refractivity contribution in [1.82, 2.24) is 5.32 Å². The average Bonchev–Trinajstić information content (AvgIpc) is 2.54. The van der Waals surface area contributed by atoms with E-state index in [-0.39, 0.29) is 5.91 Å². The zero-order valence-corrected chi connectivity index (χ0v) is 13.2. The highest BCUT2D eigenvalue weighted by Crippen LogP contribution is 2.29. The molecule has 0 unspecified atom stereocenters. The van der Waals surface area contributed by atoms with E-state index in [1.165, 1.54) is 20.3 Å². The van der Waals surface area contributed by atoms with Gasteiger partial charge in [0.2, 0.25) is 0 Å². The predicted molar refractivity (Wildman–Crippen MR) is 79.3 cm³/mol. The van der Waals surface area contributed by atoms with Crippen molar-refractivity contribution < 1.29 is 28.5 Å². The summed E-state index contributed by atoms with van der Waals surface area (Å²) in [7, 11) is 4.30. The molecule has 0 heterocycles. The van der Waals surface area contributed by atoms with Gasteiger partial charge in [-0.2, -0.15) is 0 Å². The zero-order valence-electron chi connectivity index (χ0n) is 13.2. The molecule has 1 aromatic rings. The van der Waals surface area contributed by atoms with Crippen molar-refractivity contribution in [3.05, 3.63) is 23.8 Å². The maximum atomic E-state index is 11.8. The SMILES string of the molecule is COCCNC(=O)[C@H](C)Oc1ccc(C(=O)OC)cc1OC. The zero-order chi connectivity index (χ0) is 16.5. The lowest BCUT2D eigenvalue weighted by atomic mass is 10.2. The number of methoxy groups -OCH3 is 3. The molecule has 0 aliphatic carbocycles. The van der Waals surface area contributed by atoms with Crippen molar-refractivity contribution in [2.24, 2.45) is 0 Å². The highest BCUT2D eigenvalue weighted by molar-refractivity contribution is 5.90. The second-order valence-electron chi connectivity index (χ2n) is 4.40. The summed E-state index contributed by atoms with van der Waals surface area (Å²) in [5, 5.41) is 2.68. The Morgan fingerprint density at radius 3 is 2.50 bits per heavy atom. The van der Waals surface area contributed by atoms with E-state index in [9.17, 15) is 9.59 Å². The molecule has 7 heteroatoms. The standard InChI is InChI=1S/C15H21NO6/c1-10(14(17)16-7-8-19-2)22-12-6-5-11(15(18)21-4)9-13(12)20-3/h5-6,9-10H,7-8H2,1-4H3,(H,16,17)/t10-/m0/s1. The lowest BCUT2D eigenvalue weighted by molar-refractivity contribution is -0.127. The molecular formula is C15H21NO6. The first-order valence-electron chi connectivity index (χ1n) is 6.73. The molecule has 0 saturated heterocycles. The molecule has 1 N–H and O–H groups in total. The third kappa shape index (κ3) is 4.92. The summed E-state index contributed by atoms with van der Waals surface area (Å²) >= 11 is 0. The first-order chi connectivity index (χ1) is 10.5. The van der Waals surface area contributed by atoms with Crippen LogP contribution < -0.4 is 14.8 Å². The highest BCUT2D eigenvalue weighted by atomic mass is 16.5. The molecule has 7 nitrogen and oxygen atoms in total. The third-order valence-electron chi connectivity index (χ3n) is 2.86. The Bertz CT molecular complexity index is 517. The van der Waals surface area contributed by atoms with Gasteiger partial charge in [-0.3, -0.25) is 4.79 Å². The van der Waals surface area contributed by atoms with Crippen LogP contribution in [0.15, 0.2) is 18.2 Å². The lowest BCUT2D eigenvalue weighted by Gasteiger charge is -2.17. The molecular weight excluding hydrogens is 290 g/mol. The molecule has 0 aliphatic rings. The number of benzene rings is 1. The maximum Gasteiger partial charge on any atom is 0.337 e. The largest absolute Gasteiger partial charge is 0.493 e. The molecule has 0 radical (unpaired) electrons. The summed E-state index contributed by atoms with van der Waals surface area (Å²) in [6.45, 7) is 2.45. The van der Waals surface area contributed by atoms with Gasteiger partial charge in [-0.15, -0.1) is 0 Å². The quantitative estimate of drug-likeness (QED) is 0.570. The van der Waals surface area contributed by atoms with Gasteiger partial charge in [0, 0.05) is 13.7 Å². The molecule has 1 rings (SSSR count). The van der Waals surface area contributed by atoms with Crippen molar-refractivity contribution in [3.8, 4) is 11.5 Å². The van der Waals surface area contributed by atoms with E-state index < -0.39 is 12.1 Å². The Morgan fingerprint density at radius 1 is 1.18 bits per heavy atom. The van der Waals surface area contributed by atoms with E-state index in [0.29, 0.717) is 30.2 Å². The van der Waals surface area contributed by atoms with E-state index in [1.54, 1.807) is 26.2 Å². The van der Waals surface area contributed by atoms with Crippen molar-refractivity contribution in [2.75, 3.05) is 34.5 Å². The smallest absolute Gasteiger partial charge is 0.337 e. The number of amides is 1. The minimum absolute atomic E-state index is 0.267. The van der Waals surface area contributed by atoms with Gasteiger partial charge in [0.25, 0.3) is 5.91 Å². The van der Waals surface area contributed by atoms with E-state index in [0.717, 1.165) is 0 Å². The molecule has 0 aliphatic heterocycles.